The molecule has 7 heteroatoms. The standard InChI is InChI=1S/C18H27N3O2S.ClH/c1-13-4-3-5-14(12-13)17(22)20-16(8-11-24-2)18(23)21-9-6-15(19)7-10-21;/h3-5,12,15-16H,6-11,19H2,1-2H3,(H,20,22);1H. The van der Waals surface area contributed by atoms with Crippen molar-refractivity contribution < 1.29 is 9.59 Å². The molecule has 3 N–H and O–H groups in total. The van der Waals surface area contributed by atoms with Gasteiger partial charge in [0.05, 0.1) is 0 Å². The molecule has 0 spiro atoms. The molecule has 1 heterocycles. The maximum atomic E-state index is 12.8. The highest BCUT2D eigenvalue weighted by atomic mass is 35.5. The summed E-state index contributed by atoms with van der Waals surface area (Å²) in [7, 11) is 0. The van der Waals surface area contributed by atoms with Gasteiger partial charge in [-0.3, -0.25) is 9.59 Å². The Morgan fingerprint density at radius 2 is 2.04 bits per heavy atom. The molecule has 25 heavy (non-hydrogen) atoms. The van der Waals surface area contributed by atoms with Crippen molar-refractivity contribution in [1.82, 2.24) is 10.2 Å². The molecule has 1 aromatic rings. The number of hydrogen-bond acceptors (Lipinski definition) is 4. The second-order valence-corrected chi connectivity index (χ2v) is 7.33. The van der Waals surface area contributed by atoms with E-state index in [-0.39, 0.29) is 30.3 Å². The number of aryl methyl sites for hydroxylation is 1. The first-order valence-electron chi connectivity index (χ1n) is 8.42. The predicted octanol–water partition coefficient (Wildman–Crippen LogP) is 2.22. The lowest BCUT2D eigenvalue weighted by Gasteiger charge is -2.33. The van der Waals surface area contributed by atoms with Gasteiger partial charge in [-0.25, -0.2) is 0 Å². The fourth-order valence-corrected chi connectivity index (χ4v) is 3.33. The lowest BCUT2D eigenvalue weighted by molar-refractivity contribution is -0.134. The van der Waals surface area contributed by atoms with Crippen molar-refractivity contribution in [2.24, 2.45) is 5.73 Å². The molecule has 0 radical (unpaired) electrons. The molecule has 2 rings (SSSR count). The first-order valence-corrected chi connectivity index (χ1v) is 9.81. The molecule has 1 aliphatic heterocycles. The number of hydrogen-bond donors (Lipinski definition) is 2. The number of carbonyl (C=O) groups excluding carboxylic acids is 2. The average molecular weight is 386 g/mol. The number of piperidine rings is 1. The van der Waals surface area contributed by atoms with Gasteiger partial charge in [-0.05, 0) is 50.3 Å². The summed E-state index contributed by atoms with van der Waals surface area (Å²) in [5, 5.41) is 2.93. The average Bonchev–Trinajstić information content (AvgIpc) is 2.58. The van der Waals surface area contributed by atoms with Crippen LogP contribution in [0.2, 0.25) is 0 Å². The Morgan fingerprint density at radius 3 is 2.64 bits per heavy atom. The minimum Gasteiger partial charge on any atom is -0.341 e. The van der Waals surface area contributed by atoms with E-state index < -0.39 is 6.04 Å². The Balaban J connectivity index is 0.00000312. The minimum absolute atomic E-state index is 0. The normalized spacial score (nSPS) is 16.0. The molecule has 2 amide bonds. The summed E-state index contributed by atoms with van der Waals surface area (Å²) in [5.74, 6) is 0.654. The van der Waals surface area contributed by atoms with Crippen molar-refractivity contribution in [1.29, 1.82) is 0 Å². The highest BCUT2D eigenvalue weighted by Gasteiger charge is 2.28. The lowest BCUT2D eigenvalue weighted by atomic mass is 10.0. The summed E-state index contributed by atoms with van der Waals surface area (Å²) in [6.07, 6.45) is 4.30. The van der Waals surface area contributed by atoms with E-state index in [1.54, 1.807) is 17.8 Å². The van der Waals surface area contributed by atoms with E-state index in [4.69, 9.17) is 5.73 Å². The minimum atomic E-state index is -0.472. The number of nitrogens with one attached hydrogen (secondary N) is 1. The summed E-state index contributed by atoms with van der Waals surface area (Å²) in [4.78, 5) is 27.1. The largest absolute Gasteiger partial charge is 0.341 e. The molecule has 140 valence electrons. The first kappa shape index (κ1) is 21.8. The fourth-order valence-electron chi connectivity index (χ4n) is 2.86. The van der Waals surface area contributed by atoms with Crippen LogP contribution in [0.1, 0.15) is 35.2 Å². The molecule has 1 unspecified atom stereocenters. The van der Waals surface area contributed by atoms with Crippen LogP contribution in [-0.2, 0) is 4.79 Å². The molecule has 1 aliphatic rings. The molecule has 0 saturated carbocycles. The molecule has 1 atom stereocenters. The second kappa shape index (κ2) is 10.7. The van der Waals surface area contributed by atoms with Crippen molar-refractivity contribution in [3.8, 4) is 0 Å². The highest BCUT2D eigenvalue weighted by Crippen LogP contribution is 2.13. The molecular weight excluding hydrogens is 358 g/mol. The Bertz CT molecular complexity index is 577. The number of halogens is 1. The van der Waals surface area contributed by atoms with Crippen LogP contribution in [0.3, 0.4) is 0 Å². The zero-order chi connectivity index (χ0) is 17.5. The molecular formula is C18H28ClN3O2S. The number of carbonyl (C=O) groups is 2. The fraction of sp³-hybridized carbons (Fsp3) is 0.556. The summed E-state index contributed by atoms with van der Waals surface area (Å²) < 4.78 is 0. The van der Waals surface area contributed by atoms with Crippen molar-refractivity contribution >= 4 is 36.0 Å². The van der Waals surface area contributed by atoms with Crippen LogP contribution in [0.15, 0.2) is 24.3 Å². The third-order valence-electron chi connectivity index (χ3n) is 4.35. The van der Waals surface area contributed by atoms with Crippen molar-refractivity contribution in [3.05, 3.63) is 35.4 Å². The molecule has 0 bridgehead atoms. The number of rotatable bonds is 6. The lowest BCUT2D eigenvalue weighted by Crippen LogP contribution is -2.52. The van der Waals surface area contributed by atoms with Crippen LogP contribution in [0.25, 0.3) is 0 Å². The topological polar surface area (TPSA) is 75.4 Å². The van der Waals surface area contributed by atoms with E-state index in [1.807, 2.05) is 36.3 Å². The third-order valence-corrected chi connectivity index (χ3v) is 4.99. The van der Waals surface area contributed by atoms with Crippen LogP contribution >= 0.6 is 24.2 Å². The first-order chi connectivity index (χ1) is 11.5. The van der Waals surface area contributed by atoms with Gasteiger partial charge >= 0.3 is 0 Å². The molecule has 0 aromatic heterocycles. The Labute approximate surface area is 160 Å². The van der Waals surface area contributed by atoms with Gasteiger partial charge in [0.25, 0.3) is 5.91 Å². The molecule has 1 saturated heterocycles. The third kappa shape index (κ3) is 6.53. The van der Waals surface area contributed by atoms with Crippen LogP contribution in [0.4, 0.5) is 0 Å². The number of likely N-dealkylation sites (tertiary alicyclic amines) is 1. The second-order valence-electron chi connectivity index (χ2n) is 6.34. The van der Waals surface area contributed by atoms with Crippen molar-refractivity contribution in [2.45, 2.75) is 38.3 Å². The summed E-state index contributed by atoms with van der Waals surface area (Å²) in [6, 6.07) is 7.13. The van der Waals surface area contributed by atoms with Gasteiger partial charge in [0.15, 0.2) is 0 Å². The summed E-state index contributed by atoms with van der Waals surface area (Å²) in [6.45, 7) is 3.30. The van der Waals surface area contributed by atoms with Crippen LogP contribution in [-0.4, -0.2) is 53.9 Å². The number of nitrogens with two attached hydrogens (primary N) is 1. The highest BCUT2D eigenvalue weighted by molar-refractivity contribution is 7.98. The SMILES string of the molecule is CSCCC(NC(=O)c1cccc(C)c1)C(=O)N1CCC(N)CC1.Cl. The predicted molar refractivity (Wildman–Crippen MR) is 106 cm³/mol. The maximum Gasteiger partial charge on any atom is 0.251 e. The molecule has 0 aliphatic carbocycles. The molecule has 1 fully saturated rings. The smallest absolute Gasteiger partial charge is 0.251 e. The summed E-state index contributed by atoms with van der Waals surface area (Å²) >= 11 is 1.68. The molecule has 5 nitrogen and oxygen atoms in total. The van der Waals surface area contributed by atoms with Gasteiger partial charge < -0.3 is 16.0 Å². The van der Waals surface area contributed by atoms with Crippen molar-refractivity contribution in [2.75, 3.05) is 25.1 Å². The zero-order valence-corrected chi connectivity index (χ0v) is 16.5. The monoisotopic (exact) mass is 385 g/mol. The van der Waals surface area contributed by atoms with E-state index >= 15 is 0 Å². The molecule has 1 aromatic carbocycles. The summed E-state index contributed by atoms with van der Waals surface area (Å²) in [5.41, 5.74) is 7.54. The van der Waals surface area contributed by atoms with E-state index in [0.29, 0.717) is 25.1 Å². The van der Waals surface area contributed by atoms with Gasteiger partial charge in [0.1, 0.15) is 6.04 Å². The van der Waals surface area contributed by atoms with E-state index in [1.165, 1.54) is 0 Å². The Kier molecular flexibility index (Phi) is 9.32. The maximum absolute atomic E-state index is 12.8. The van der Waals surface area contributed by atoms with Gasteiger partial charge in [0, 0.05) is 24.7 Å². The number of thioether (sulfide) groups is 1. The zero-order valence-electron chi connectivity index (χ0n) is 14.9. The van der Waals surface area contributed by atoms with E-state index in [2.05, 4.69) is 5.32 Å². The van der Waals surface area contributed by atoms with Gasteiger partial charge in [-0.1, -0.05) is 17.7 Å². The number of benzene rings is 1. The number of amides is 2. The van der Waals surface area contributed by atoms with E-state index in [9.17, 15) is 9.59 Å². The quantitative estimate of drug-likeness (QED) is 0.787. The Hall–Kier alpha value is -1.24. The van der Waals surface area contributed by atoms with Gasteiger partial charge in [0.2, 0.25) is 5.91 Å². The van der Waals surface area contributed by atoms with Crippen LogP contribution in [0.5, 0.6) is 0 Å². The van der Waals surface area contributed by atoms with Crippen LogP contribution < -0.4 is 11.1 Å². The Morgan fingerprint density at radius 1 is 1.36 bits per heavy atom. The van der Waals surface area contributed by atoms with Crippen molar-refractivity contribution in [3.63, 3.8) is 0 Å². The van der Waals surface area contributed by atoms with Gasteiger partial charge in [-0.2, -0.15) is 11.8 Å². The van der Waals surface area contributed by atoms with Crippen LogP contribution in [0, 0.1) is 6.92 Å². The number of nitrogens with zero attached hydrogens (tertiary/aromatic N) is 1. The van der Waals surface area contributed by atoms with Gasteiger partial charge in [-0.15, -0.1) is 12.4 Å². The van der Waals surface area contributed by atoms with E-state index in [0.717, 1.165) is 24.2 Å².